The van der Waals surface area contributed by atoms with Gasteiger partial charge in [0.2, 0.25) is 0 Å². The van der Waals surface area contributed by atoms with Crippen LogP contribution in [0.1, 0.15) is 182 Å². The molecule has 1 saturated heterocycles. The van der Waals surface area contributed by atoms with Crippen molar-refractivity contribution >= 4 is 0 Å². The first-order valence-corrected chi connectivity index (χ1v) is 18.2. The van der Waals surface area contributed by atoms with Gasteiger partial charge in [-0.3, -0.25) is 0 Å². The maximum Gasteiger partial charge on any atom is 0.189 e. The maximum absolute atomic E-state index is 12.1. The summed E-state index contributed by atoms with van der Waals surface area (Å²) in [6.07, 6.45) is 22.3. The van der Waals surface area contributed by atoms with Gasteiger partial charge in [0.1, 0.15) is 22.9 Å². The third kappa shape index (κ3) is 8.72. The summed E-state index contributed by atoms with van der Waals surface area (Å²) in [7, 11) is 0. The fourth-order valence-electron chi connectivity index (χ4n) is 7.75. The molecule has 4 N–H and O–H groups in total. The minimum atomic E-state index is -1.81. The normalized spacial score (nSPS) is 30.8. The molecule has 0 aromatic rings. The topological polar surface area (TPSA) is 99.4 Å². The summed E-state index contributed by atoms with van der Waals surface area (Å²) in [6.45, 7) is 10.4. The molecule has 6 atom stereocenters. The van der Waals surface area contributed by atoms with E-state index in [-0.39, 0.29) is 0 Å². The van der Waals surface area contributed by atoms with Crippen molar-refractivity contribution in [1.82, 2.24) is 0 Å². The van der Waals surface area contributed by atoms with E-state index in [1.165, 1.54) is 89.9 Å². The van der Waals surface area contributed by atoms with E-state index >= 15 is 0 Å². The lowest BCUT2D eigenvalue weighted by molar-refractivity contribution is -0.350. The van der Waals surface area contributed by atoms with Crippen LogP contribution in [0, 0.1) is 5.41 Å². The Morgan fingerprint density at radius 3 is 1.50 bits per heavy atom. The Balaban J connectivity index is 1.90. The summed E-state index contributed by atoms with van der Waals surface area (Å²) >= 11 is 0. The predicted octanol–water partition coefficient (Wildman–Crippen LogP) is 8.35. The second-order valence-corrected chi connectivity index (χ2v) is 14.3. The number of rotatable bonds is 26. The zero-order valence-corrected chi connectivity index (χ0v) is 28.3. The number of aliphatic hydroxyl groups excluding tert-OH is 1. The molecule has 6 heteroatoms. The first-order valence-electron chi connectivity index (χ1n) is 18.2. The van der Waals surface area contributed by atoms with E-state index in [0.29, 0.717) is 19.4 Å². The van der Waals surface area contributed by atoms with Gasteiger partial charge in [-0.1, -0.05) is 163 Å². The summed E-state index contributed by atoms with van der Waals surface area (Å²) in [5.74, 6) is 0. The zero-order chi connectivity index (χ0) is 31.1. The van der Waals surface area contributed by atoms with Crippen molar-refractivity contribution in [3.8, 4) is 0 Å². The second-order valence-electron chi connectivity index (χ2n) is 14.3. The standard InChI is InChI=1S/C36H70O6/c1-6-9-11-13-15-17-19-21-23-25-27-30(37)31-35(39)33(4,5)36(35,40)34(38,32(42-31)41-29-8-3)28-26-24-22-20-18-16-14-12-10-7-2/h30-32,37-40H,6-29H2,1-5H3/t30?,31-,32-,34+,35-,36-/m1/s1. The first kappa shape index (κ1) is 37.9. The average molecular weight is 599 g/mol. The molecular formula is C36H70O6. The van der Waals surface area contributed by atoms with Crippen LogP contribution >= 0.6 is 0 Å². The second kappa shape index (κ2) is 18.7. The fraction of sp³-hybridized carbons (Fsp3) is 1.00. The summed E-state index contributed by atoms with van der Waals surface area (Å²) in [5, 5.41) is 47.3. The van der Waals surface area contributed by atoms with Crippen LogP contribution in [-0.2, 0) is 9.47 Å². The molecule has 0 aromatic carbocycles. The molecular weight excluding hydrogens is 528 g/mol. The van der Waals surface area contributed by atoms with Crippen molar-refractivity contribution in [1.29, 1.82) is 0 Å². The van der Waals surface area contributed by atoms with Gasteiger partial charge in [-0.25, -0.2) is 0 Å². The number of hydrogen-bond acceptors (Lipinski definition) is 6. The van der Waals surface area contributed by atoms with Gasteiger partial charge in [-0.05, 0) is 19.3 Å². The lowest BCUT2D eigenvalue weighted by Crippen LogP contribution is -2.68. The van der Waals surface area contributed by atoms with Crippen molar-refractivity contribution < 1.29 is 29.9 Å². The van der Waals surface area contributed by atoms with Gasteiger partial charge >= 0.3 is 0 Å². The Morgan fingerprint density at radius 1 is 0.619 bits per heavy atom. The third-order valence-corrected chi connectivity index (χ3v) is 10.6. The van der Waals surface area contributed by atoms with Gasteiger partial charge in [0, 0.05) is 12.0 Å². The molecule has 250 valence electrons. The largest absolute Gasteiger partial charge is 0.390 e. The molecule has 42 heavy (non-hydrogen) atoms. The van der Waals surface area contributed by atoms with Crippen LogP contribution in [0.5, 0.6) is 0 Å². The molecule has 1 heterocycles. The minimum Gasteiger partial charge on any atom is -0.390 e. The number of ether oxygens (including phenoxy) is 2. The van der Waals surface area contributed by atoms with Crippen molar-refractivity contribution in [3.05, 3.63) is 0 Å². The highest BCUT2D eigenvalue weighted by Gasteiger charge is 2.95. The number of hydrogen-bond donors (Lipinski definition) is 4. The van der Waals surface area contributed by atoms with Crippen molar-refractivity contribution in [3.63, 3.8) is 0 Å². The Morgan fingerprint density at radius 2 is 1.05 bits per heavy atom. The fourth-order valence-corrected chi connectivity index (χ4v) is 7.75. The van der Waals surface area contributed by atoms with Crippen molar-refractivity contribution in [2.45, 2.75) is 218 Å². The monoisotopic (exact) mass is 599 g/mol. The summed E-state index contributed by atoms with van der Waals surface area (Å²) in [4.78, 5) is 0. The molecule has 0 radical (unpaired) electrons. The summed E-state index contributed by atoms with van der Waals surface area (Å²) in [6, 6.07) is 0. The van der Waals surface area contributed by atoms with Crippen LogP contribution in [-0.4, -0.2) is 62.3 Å². The lowest BCUT2D eigenvalue weighted by Gasteiger charge is -2.48. The summed E-state index contributed by atoms with van der Waals surface area (Å²) in [5.41, 5.74) is -6.33. The molecule has 0 spiro atoms. The van der Waals surface area contributed by atoms with Crippen LogP contribution < -0.4 is 0 Å². The molecule has 2 rings (SSSR count). The Bertz CT molecular complexity index is 715. The van der Waals surface area contributed by atoms with E-state index in [1.54, 1.807) is 13.8 Å². The van der Waals surface area contributed by atoms with Crippen molar-refractivity contribution in [2.75, 3.05) is 6.61 Å². The third-order valence-electron chi connectivity index (χ3n) is 10.6. The molecule has 6 nitrogen and oxygen atoms in total. The number of fused-ring (bicyclic) bond motifs is 1. The molecule has 1 unspecified atom stereocenters. The predicted molar refractivity (Wildman–Crippen MR) is 172 cm³/mol. The minimum absolute atomic E-state index is 0.293. The molecule has 2 fully saturated rings. The molecule has 1 aliphatic heterocycles. The van der Waals surface area contributed by atoms with Crippen LogP contribution in [0.15, 0.2) is 0 Å². The molecule has 2 aliphatic rings. The zero-order valence-electron chi connectivity index (χ0n) is 28.3. The summed E-state index contributed by atoms with van der Waals surface area (Å²) < 4.78 is 12.3. The lowest BCUT2D eigenvalue weighted by atomic mass is 9.79. The first-order chi connectivity index (χ1) is 20.1. The molecule has 0 amide bonds. The highest BCUT2D eigenvalue weighted by molar-refractivity contribution is 5.43. The van der Waals surface area contributed by atoms with Gasteiger partial charge in [0.05, 0.1) is 6.10 Å². The van der Waals surface area contributed by atoms with Gasteiger partial charge in [-0.2, -0.15) is 0 Å². The number of unbranched alkanes of at least 4 members (excludes halogenated alkanes) is 18. The van der Waals surface area contributed by atoms with Crippen LogP contribution in [0.3, 0.4) is 0 Å². The maximum atomic E-state index is 12.1. The molecule has 1 saturated carbocycles. The number of aliphatic hydroxyl groups is 4. The van der Waals surface area contributed by atoms with E-state index in [0.717, 1.165) is 44.9 Å². The van der Waals surface area contributed by atoms with E-state index in [9.17, 15) is 20.4 Å². The van der Waals surface area contributed by atoms with Crippen LogP contribution in [0.4, 0.5) is 0 Å². The van der Waals surface area contributed by atoms with Gasteiger partial charge < -0.3 is 29.9 Å². The van der Waals surface area contributed by atoms with Crippen LogP contribution in [0.25, 0.3) is 0 Å². The Kier molecular flexibility index (Phi) is 16.9. The highest BCUT2D eigenvalue weighted by atomic mass is 16.7. The Hall–Kier alpha value is -0.240. The van der Waals surface area contributed by atoms with E-state index in [1.807, 2.05) is 6.92 Å². The molecule has 0 aromatic heterocycles. The average Bonchev–Trinajstić information content (AvgIpc) is 3.35. The smallest absolute Gasteiger partial charge is 0.189 e. The Labute approximate surface area is 259 Å². The molecule has 0 bridgehead atoms. The highest BCUT2D eigenvalue weighted by Crippen LogP contribution is 2.75. The quantitative estimate of drug-likeness (QED) is 0.0747. The van der Waals surface area contributed by atoms with E-state index in [2.05, 4.69) is 13.8 Å². The van der Waals surface area contributed by atoms with Crippen molar-refractivity contribution in [2.24, 2.45) is 5.41 Å². The van der Waals surface area contributed by atoms with E-state index in [4.69, 9.17) is 9.47 Å². The van der Waals surface area contributed by atoms with Gasteiger partial charge in [-0.15, -0.1) is 0 Å². The van der Waals surface area contributed by atoms with Crippen LogP contribution in [0.2, 0.25) is 0 Å². The van der Waals surface area contributed by atoms with E-state index < -0.39 is 40.7 Å². The SMILES string of the molecule is CCCCCCCCCCCCC(O)[C@H]1O[C@@H](OCCC)[C@@](O)(CCCCCCCCCCCC)[C@]2(O)C(C)(C)[C@]12O. The molecule has 1 aliphatic carbocycles. The van der Waals surface area contributed by atoms with Gasteiger partial charge in [0.25, 0.3) is 0 Å². The van der Waals surface area contributed by atoms with Gasteiger partial charge in [0.15, 0.2) is 6.29 Å².